The van der Waals surface area contributed by atoms with Crippen LogP contribution >= 0.6 is 45.3 Å². The van der Waals surface area contributed by atoms with Gasteiger partial charge in [-0.3, -0.25) is 4.79 Å². The molecule has 4 nitrogen and oxygen atoms in total. The number of fused-ring (bicyclic) bond motifs is 1. The molecule has 7 heteroatoms. The summed E-state index contributed by atoms with van der Waals surface area (Å²) in [5, 5.41) is 14.4. The molecule has 0 atom stereocenters. The average molecular weight is 419 g/mol. The predicted octanol–water partition coefficient (Wildman–Crippen LogP) is 3.85. The largest absolute Gasteiger partial charge is 0.478 e. The summed E-state index contributed by atoms with van der Waals surface area (Å²) in [7, 11) is 0. The second kappa shape index (κ2) is 5.45. The molecule has 2 aromatic rings. The molecule has 1 aliphatic carbocycles. The van der Waals surface area contributed by atoms with Crippen molar-refractivity contribution < 1.29 is 14.7 Å². The monoisotopic (exact) mass is 419 g/mol. The van der Waals surface area contributed by atoms with Gasteiger partial charge in [0.15, 0.2) is 0 Å². The van der Waals surface area contributed by atoms with E-state index in [0.717, 1.165) is 32.6 Å². The molecule has 0 saturated carbocycles. The van der Waals surface area contributed by atoms with E-state index in [0.29, 0.717) is 10.6 Å². The molecule has 0 aromatic carbocycles. The van der Waals surface area contributed by atoms with E-state index in [1.165, 1.54) is 22.7 Å². The molecule has 1 aliphatic rings. The van der Waals surface area contributed by atoms with Crippen LogP contribution in [0, 0.1) is 2.88 Å². The van der Waals surface area contributed by atoms with Crippen LogP contribution in [0.2, 0.25) is 0 Å². The number of anilines is 1. The minimum Gasteiger partial charge on any atom is -0.478 e. The van der Waals surface area contributed by atoms with Gasteiger partial charge in [0, 0.05) is 10.3 Å². The van der Waals surface area contributed by atoms with Gasteiger partial charge in [0.2, 0.25) is 0 Å². The summed E-state index contributed by atoms with van der Waals surface area (Å²) >= 11 is 5.04. The van der Waals surface area contributed by atoms with Gasteiger partial charge in [0.1, 0.15) is 5.00 Å². The topological polar surface area (TPSA) is 66.4 Å². The first kappa shape index (κ1) is 14.0. The summed E-state index contributed by atoms with van der Waals surface area (Å²) in [5.41, 5.74) is 1.75. The average Bonchev–Trinajstić information content (AvgIpc) is 3.03. The molecule has 0 radical (unpaired) electrons. The summed E-state index contributed by atoms with van der Waals surface area (Å²) < 4.78 is 1.03. The normalized spacial score (nSPS) is 13.2. The molecule has 3 rings (SSSR count). The van der Waals surface area contributed by atoms with Crippen molar-refractivity contribution in [3.8, 4) is 0 Å². The van der Waals surface area contributed by atoms with Crippen LogP contribution in [0.1, 0.15) is 37.6 Å². The second-order valence-corrected chi connectivity index (χ2v) is 8.37. The minimum absolute atomic E-state index is 0.244. The van der Waals surface area contributed by atoms with E-state index in [9.17, 15) is 14.7 Å². The Morgan fingerprint density at radius 2 is 2.15 bits per heavy atom. The zero-order valence-corrected chi connectivity index (χ0v) is 14.0. The van der Waals surface area contributed by atoms with E-state index in [1.54, 1.807) is 11.4 Å². The molecule has 104 valence electrons. The number of halogens is 1. The van der Waals surface area contributed by atoms with Gasteiger partial charge >= 0.3 is 5.97 Å². The molecule has 2 heterocycles. The zero-order valence-electron chi connectivity index (χ0n) is 10.2. The van der Waals surface area contributed by atoms with Crippen LogP contribution in [0.3, 0.4) is 0 Å². The Kier molecular flexibility index (Phi) is 3.83. The number of nitrogens with one attached hydrogen (secondary N) is 1. The van der Waals surface area contributed by atoms with E-state index in [4.69, 9.17) is 0 Å². The zero-order chi connectivity index (χ0) is 14.3. The number of aromatic carboxylic acids is 1. The van der Waals surface area contributed by atoms with Crippen LogP contribution in [0.4, 0.5) is 5.00 Å². The SMILES string of the molecule is O=C(Nc1sc2c(c1C(=O)O)CCC2)c1csc(I)c1. The molecule has 0 unspecified atom stereocenters. The number of thiophene rings is 2. The molecule has 2 N–H and O–H groups in total. The summed E-state index contributed by atoms with van der Waals surface area (Å²) in [4.78, 5) is 24.7. The van der Waals surface area contributed by atoms with Gasteiger partial charge in [-0.1, -0.05) is 0 Å². The van der Waals surface area contributed by atoms with Crippen LogP contribution in [0.15, 0.2) is 11.4 Å². The van der Waals surface area contributed by atoms with Gasteiger partial charge in [0.05, 0.1) is 14.0 Å². The fourth-order valence-electron chi connectivity index (χ4n) is 2.32. The molecule has 0 fully saturated rings. The molecular formula is C13H10INO3S2. The first-order chi connectivity index (χ1) is 9.56. The lowest BCUT2D eigenvalue weighted by Gasteiger charge is -2.04. The second-order valence-electron chi connectivity index (χ2n) is 4.46. The number of aryl methyl sites for hydroxylation is 1. The lowest BCUT2D eigenvalue weighted by molar-refractivity contribution is 0.0697. The number of carboxylic acid groups (broad SMARTS) is 1. The van der Waals surface area contributed by atoms with E-state index in [-0.39, 0.29) is 11.5 Å². The lowest BCUT2D eigenvalue weighted by Crippen LogP contribution is -2.13. The van der Waals surface area contributed by atoms with Crippen LogP contribution in [-0.4, -0.2) is 17.0 Å². The molecule has 0 bridgehead atoms. The first-order valence-corrected chi connectivity index (χ1v) is 8.77. The van der Waals surface area contributed by atoms with E-state index < -0.39 is 5.97 Å². The van der Waals surface area contributed by atoms with E-state index in [1.807, 2.05) is 0 Å². The fourth-order valence-corrected chi connectivity index (χ4v) is 4.93. The Morgan fingerprint density at radius 1 is 1.35 bits per heavy atom. The molecule has 1 amide bonds. The van der Waals surface area contributed by atoms with Crippen molar-refractivity contribution in [2.75, 3.05) is 5.32 Å². The number of carboxylic acids is 1. The number of hydrogen-bond donors (Lipinski definition) is 2. The number of carbonyl (C=O) groups is 2. The van der Waals surface area contributed by atoms with Crippen molar-refractivity contribution in [2.24, 2.45) is 0 Å². The van der Waals surface area contributed by atoms with Gasteiger partial charge in [0.25, 0.3) is 5.91 Å². The van der Waals surface area contributed by atoms with E-state index in [2.05, 4.69) is 27.9 Å². The third-order valence-corrected chi connectivity index (χ3v) is 6.19. The highest BCUT2D eigenvalue weighted by Gasteiger charge is 2.27. The predicted molar refractivity (Wildman–Crippen MR) is 88.3 cm³/mol. The van der Waals surface area contributed by atoms with Gasteiger partial charge < -0.3 is 10.4 Å². The highest BCUT2D eigenvalue weighted by Crippen LogP contribution is 2.39. The maximum atomic E-state index is 12.1. The molecule has 0 aliphatic heterocycles. The molecule has 0 spiro atoms. The first-order valence-electron chi connectivity index (χ1n) is 5.99. The number of amides is 1. The number of rotatable bonds is 3. The summed E-state index contributed by atoms with van der Waals surface area (Å²) in [6.45, 7) is 0. The molecular weight excluding hydrogens is 409 g/mol. The maximum Gasteiger partial charge on any atom is 0.339 e. The molecule has 2 aromatic heterocycles. The van der Waals surface area contributed by atoms with Crippen LogP contribution in [0.5, 0.6) is 0 Å². The number of hydrogen-bond acceptors (Lipinski definition) is 4. The fraction of sp³-hybridized carbons (Fsp3) is 0.231. The Balaban J connectivity index is 1.91. The third kappa shape index (κ3) is 2.49. The third-order valence-electron chi connectivity index (χ3n) is 3.19. The van der Waals surface area contributed by atoms with Crippen molar-refractivity contribution in [3.63, 3.8) is 0 Å². The summed E-state index contributed by atoms with van der Waals surface area (Å²) in [5.74, 6) is -1.20. The Morgan fingerprint density at radius 3 is 2.80 bits per heavy atom. The number of carbonyl (C=O) groups excluding carboxylic acids is 1. The minimum atomic E-state index is -0.959. The standard InChI is InChI=1S/C13H10INO3S2/c14-9-4-6(5-19-9)11(16)15-12-10(13(17)18)7-2-1-3-8(7)20-12/h4-5H,1-3H2,(H,15,16)(H,17,18). The lowest BCUT2D eigenvalue weighted by atomic mass is 10.1. The van der Waals surface area contributed by atoms with Crippen LogP contribution in [0.25, 0.3) is 0 Å². The van der Waals surface area contributed by atoms with Gasteiger partial charge in [-0.15, -0.1) is 22.7 Å². The smallest absolute Gasteiger partial charge is 0.339 e. The quantitative estimate of drug-likeness (QED) is 0.743. The van der Waals surface area contributed by atoms with Crippen molar-refractivity contribution >= 4 is 62.1 Å². The van der Waals surface area contributed by atoms with E-state index >= 15 is 0 Å². The Labute approximate surface area is 137 Å². The Hall–Kier alpha value is -0.930. The molecule has 0 saturated heterocycles. The Bertz CT molecular complexity index is 705. The van der Waals surface area contributed by atoms with Crippen molar-refractivity contribution in [1.82, 2.24) is 0 Å². The summed E-state index contributed by atoms with van der Waals surface area (Å²) in [6.07, 6.45) is 2.70. The van der Waals surface area contributed by atoms with Crippen molar-refractivity contribution in [1.29, 1.82) is 0 Å². The highest BCUT2D eigenvalue weighted by molar-refractivity contribution is 14.1. The van der Waals surface area contributed by atoms with Crippen LogP contribution in [-0.2, 0) is 12.8 Å². The van der Waals surface area contributed by atoms with Gasteiger partial charge in [-0.25, -0.2) is 4.79 Å². The molecule has 20 heavy (non-hydrogen) atoms. The van der Waals surface area contributed by atoms with Gasteiger partial charge in [-0.2, -0.15) is 0 Å². The maximum absolute atomic E-state index is 12.1. The summed E-state index contributed by atoms with van der Waals surface area (Å²) in [6, 6.07) is 1.79. The van der Waals surface area contributed by atoms with Crippen molar-refractivity contribution in [2.45, 2.75) is 19.3 Å². The van der Waals surface area contributed by atoms with Crippen molar-refractivity contribution in [3.05, 3.63) is 35.9 Å². The van der Waals surface area contributed by atoms with Gasteiger partial charge in [-0.05, 0) is 53.5 Å². The highest BCUT2D eigenvalue weighted by atomic mass is 127. The van der Waals surface area contributed by atoms with Crippen LogP contribution < -0.4 is 5.32 Å².